The molecule has 1 aromatic rings. The van der Waals surface area contributed by atoms with Gasteiger partial charge < -0.3 is 19.6 Å². The molecular formula is C12H17NO5. The summed E-state index contributed by atoms with van der Waals surface area (Å²) in [6.07, 6.45) is 0.404. The third-order valence-corrected chi connectivity index (χ3v) is 2.34. The van der Waals surface area contributed by atoms with Gasteiger partial charge in [0.05, 0.1) is 0 Å². The van der Waals surface area contributed by atoms with Crippen LogP contribution in [-0.2, 0) is 16.1 Å². The highest BCUT2D eigenvalue weighted by Crippen LogP contribution is 2.09. The van der Waals surface area contributed by atoms with Crippen LogP contribution in [0.15, 0.2) is 16.5 Å². The average Bonchev–Trinajstić information content (AvgIpc) is 2.75. The first-order chi connectivity index (χ1) is 8.52. The van der Waals surface area contributed by atoms with Gasteiger partial charge in [0.25, 0.3) is 5.91 Å². The van der Waals surface area contributed by atoms with Gasteiger partial charge in [0.2, 0.25) is 0 Å². The lowest BCUT2D eigenvalue weighted by Gasteiger charge is -2.11. The fourth-order valence-electron chi connectivity index (χ4n) is 1.43. The van der Waals surface area contributed by atoms with E-state index in [1.165, 1.54) is 7.11 Å². The predicted molar refractivity (Wildman–Crippen MR) is 63.2 cm³/mol. The third kappa shape index (κ3) is 4.58. The average molecular weight is 255 g/mol. The molecule has 18 heavy (non-hydrogen) atoms. The Morgan fingerprint density at radius 3 is 2.83 bits per heavy atom. The Kier molecular flexibility index (Phi) is 5.38. The minimum Gasteiger partial charge on any atom is -0.481 e. The highest BCUT2D eigenvalue weighted by Gasteiger charge is 2.14. The van der Waals surface area contributed by atoms with Crippen LogP contribution in [0.25, 0.3) is 0 Å². The molecule has 0 aliphatic heterocycles. The van der Waals surface area contributed by atoms with E-state index in [1.807, 2.05) is 0 Å². The molecule has 2 N–H and O–H groups in total. The Hall–Kier alpha value is -1.82. The van der Waals surface area contributed by atoms with Crippen molar-refractivity contribution in [2.75, 3.05) is 7.11 Å². The normalized spacial score (nSPS) is 12.1. The number of carboxylic acids is 1. The maximum absolute atomic E-state index is 11.7. The number of nitrogens with one attached hydrogen (secondary N) is 1. The second-order valence-electron chi connectivity index (χ2n) is 4.01. The second kappa shape index (κ2) is 6.80. The number of aliphatic carboxylic acids is 1. The molecule has 0 saturated heterocycles. The van der Waals surface area contributed by atoms with Crippen molar-refractivity contribution in [2.45, 2.75) is 32.4 Å². The zero-order valence-corrected chi connectivity index (χ0v) is 10.4. The van der Waals surface area contributed by atoms with E-state index in [0.717, 1.165) is 0 Å². The van der Waals surface area contributed by atoms with Gasteiger partial charge in [0.1, 0.15) is 12.4 Å². The highest BCUT2D eigenvalue weighted by atomic mass is 16.5. The standard InChI is InChI=1S/C12H17NO5/c1-8(3-6-11(14)15)13-12(16)10-5-4-9(18-10)7-17-2/h4-5,8H,3,6-7H2,1-2H3,(H,13,16)(H,14,15). The fourth-order valence-corrected chi connectivity index (χ4v) is 1.43. The Balaban J connectivity index is 2.45. The van der Waals surface area contributed by atoms with Crippen LogP contribution in [0, 0.1) is 0 Å². The van der Waals surface area contributed by atoms with Gasteiger partial charge in [0, 0.05) is 19.6 Å². The van der Waals surface area contributed by atoms with Gasteiger partial charge in [-0.15, -0.1) is 0 Å². The molecule has 1 unspecified atom stereocenters. The number of furan rings is 1. The zero-order chi connectivity index (χ0) is 13.5. The van der Waals surface area contributed by atoms with E-state index in [0.29, 0.717) is 18.8 Å². The number of rotatable bonds is 7. The molecule has 1 amide bonds. The van der Waals surface area contributed by atoms with E-state index < -0.39 is 5.97 Å². The van der Waals surface area contributed by atoms with Gasteiger partial charge in [-0.25, -0.2) is 0 Å². The molecule has 0 saturated carbocycles. The van der Waals surface area contributed by atoms with Gasteiger partial charge in [-0.2, -0.15) is 0 Å². The molecule has 0 aromatic carbocycles. The molecule has 100 valence electrons. The van der Waals surface area contributed by atoms with Gasteiger partial charge >= 0.3 is 5.97 Å². The van der Waals surface area contributed by atoms with Crippen LogP contribution in [0.5, 0.6) is 0 Å². The zero-order valence-electron chi connectivity index (χ0n) is 10.4. The van der Waals surface area contributed by atoms with Crippen LogP contribution < -0.4 is 5.32 Å². The van der Waals surface area contributed by atoms with Crippen LogP contribution in [0.1, 0.15) is 36.1 Å². The molecule has 6 nitrogen and oxygen atoms in total. The number of methoxy groups -OCH3 is 1. The number of carbonyl (C=O) groups excluding carboxylic acids is 1. The first-order valence-corrected chi connectivity index (χ1v) is 5.63. The topological polar surface area (TPSA) is 88.8 Å². The van der Waals surface area contributed by atoms with Crippen LogP contribution in [0.4, 0.5) is 0 Å². The van der Waals surface area contributed by atoms with Crippen LogP contribution >= 0.6 is 0 Å². The Morgan fingerprint density at radius 1 is 1.50 bits per heavy atom. The first-order valence-electron chi connectivity index (χ1n) is 5.63. The monoisotopic (exact) mass is 255 g/mol. The van der Waals surface area contributed by atoms with Gasteiger partial charge in [-0.05, 0) is 25.5 Å². The van der Waals surface area contributed by atoms with Gasteiger partial charge in [-0.1, -0.05) is 0 Å². The minimum absolute atomic E-state index is 0.0223. The summed E-state index contributed by atoms with van der Waals surface area (Å²) < 4.78 is 10.1. The summed E-state index contributed by atoms with van der Waals surface area (Å²) in [5.41, 5.74) is 0. The summed E-state index contributed by atoms with van der Waals surface area (Å²) in [7, 11) is 1.54. The molecule has 1 aromatic heterocycles. The number of hydrogen-bond acceptors (Lipinski definition) is 4. The molecule has 0 aliphatic carbocycles. The van der Waals surface area contributed by atoms with E-state index in [9.17, 15) is 9.59 Å². The molecule has 0 spiro atoms. The predicted octanol–water partition coefficient (Wildman–Crippen LogP) is 1.41. The molecule has 1 atom stereocenters. The van der Waals surface area contributed by atoms with Crippen molar-refractivity contribution in [3.8, 4) is 0 Å². The molecule has 6 heteroatoms. The maximum atomic E-state index is 11.7. The summed E-state index contributed by atoms with van der Waals surface area (Å²) in [5, 5.41) is 11.2. The van der Waals surface area contributed by atoms with Crippen LogP contribution in [-0.4, -0.2) is 30.1 Å². The summed E-state index contributed by atoms with van der Waals surface area (Å²) in [6.45, 7) is 2.06. The van der Waals surface area contributed by atoms with Crippen molar-refractivity contribution < 1.29 is 23.8 Å². The molecule has 1 heterocycles. The van der Waals surface area contributed by atoms with Crippen molar-refractivity contribution in [1.29, 1.82) is 0 Å². The van der Waals surface area contributed by atoms with Crippen LogP contribution in [0.3, 0.4) is 0 Å². The second-order valence-corrected chi connectivity index (χ2v) is 4.01. The van der Waals surface area contributed by atoms with Crippen molar-refractivity contribution in [1.82, 2.24) is 5.32 Å². The largest absolute Gasteiger partial charge is 0.481 e. The van der Waals surface area contributed by atoms with Crippen molar-refractivity contribution in [2.24, 2.45) is 0 Å². The van der Waals surface area contributed by atoms with Gasteiger partial charge in [0.15, 0.2) is 5.76 Å². The molecule has 1 rings (SSSR count). The maximum Gasteiger partial charge on any atom is 0.303 e. The van der Waals surface area contributed by atoms with E-state index in [1.54, 1.807) is 19.1 Å². The number of hydrogen-bond donors (Lipinski definition) is 2. The number of carbonyl (C=O) groups is 2. The van der Waals surface area contributed by atoms with Crippen molar-refractivity contribution in [3.63, 3.8) is 0 Å². The lowest BCUT2D eigenvalue weighted by molar-refractivity contribution is -0.137. The molecular weight excluding hydrogens is 238 g/mol. The Labute approximate surface area is 105 Å². The summed E-state index contributed by atoms with van der Waals surface area (Å²) in [4.78, 5) is 22.1. The first kappa shape index (κ1) is 14.2. The van der Waals surface area contributed by atoms with E-state index in [4.69, 9.17) is 14.3 Å². The van der Waals surface area contributed by atoms with Crippen LogP contribution in [0.2, 0.25) is 0 Å². The van der Waals surface area contributed by atoms with Crippen molar-refractivity contribution >= 4 is 11.9 Å². The number of amides is 1. The van der Waals surface area contributed by atoms with Crippen molar-refractivity contribution in [3.05, 3.63) is 23.7 Å². The lowest BCUT2D eigenvalue weighted by Crippen LogP contribution is -2.32. The highest BCUT2D eigenvalue weighted by molar-refractivity contribution is 5.91. The van der Waals surface area contributed by atoms with E-state index in [2.05, 4.69) is 5.32 Å². The smallest absolute Gasteiger partial charge is 0.303 e. The molecule has 0 aliphatic rings. The fraction of sp³-hybridized carbons (Fsp3) is 0.500. The summed E-state index contributed by atoms with van der Waals surface area (Å²) in [6, 6.07) is 3.01. The molecule has 0 bridgehead atoms. The summed E-state index contributed by atoms with van der Waals surface area (Å²) >= 11 is 0. The SMILES string of the molecule is COCc1ccc(C(=O)NC(C)CCC(=O)O)o1. The minimum atomic E-state index is -0.878. The molecule has 0 radical (unpaired) electrons. The van der Waals surface area contributed by atoms with Gasteiger partial charge in [-0.3, -0.25) is 9.59 Å². The van der Waals surface area contributed by atoms with E-state index in [-0.39, 0.29) is 24.1 Å². The number of ether oxygens (including phenoxy) is 1. The molecule has 0 fully saturated rings. The van der Waals surface area contributed by atoms with E-state index >= 15 is 0 Å². The Morgan fingerprint density at radius 2 is 2.22 bits per heavy atom. The summed E-state index contributed by atoms with van der Waals surface area (Å²) in [5.74, 6) is -0.461. The quantitative estimate of drug-likeness (QED) is 0.769. The lowest BCUT2D eigenvalue weighted by atomic mass is 10.2. The third-order valence-electron chi connectivity index (χ3n) is 2.34. The Bertz CT molecular complexity index is 412. The number of carboxylic acid groups (broad SMARTS) is 1.